The van der Waals surface area contributed by atoms with Crippen LogP contribution < -0.4 is 10.1 Å². The van der Waals surface area contributed by atoms with Crippen molar-refractivity contribution < 1.29 is 23.8 Å². The molecule has 0 saturated carbocycles. The highest BCUT2D eigenvalue weighted by molar-refractivity contribution is 6.18. The fraction of sp³-hybridized carbons (Fsp3) is 0.467. The molecule has 0 bridgehead atoms. The molecule has 122 valence electrons. The number of benzene rings is 1. The van der Waals surface area contributed by atoms with E-state index in [0.29, 0.717) is 5.75 Å². The lowest BCUT2D eigenvalue weighted by Gasteiger charge is -2.21. The van der Waals surface area contributed by atoms with Crippen molar-refractivity contribution in [1.82, 2.24) is 5.32 Å². The first-order valence-corrected chi connectivity index (χ1v) is 7.28. The van der Waals surface area contributed by atoms with Gasteiger partial charge in [-0.3, -0.25) is 0 Å². The Bertz CT molecular complexity index is 486. The lowest BCUT2D eigenvalue weighted by Crippen LogP contribution is -2.42. The lowest BCUT2D eigenvalue weighted by molar-refractivity contribution is 0.0296. The minimum atomic E-state index is -0.906. The summed E-state index contributed by atoms with van der Waals surface area (Å²) in [6.45, 7) is 5.30. The second-order valence-electron chi connectivity index (χ2n) is 5.53. The fourth-order valence-corrected chi connectivity index (χ4v) is 1.52. The van der Waals surface area contributed by atoms with E-state index in [1.165, 1.54) is 0 Å². The Kier molecular flexibility index (Phi) is 6.98. The van der Waals surface area contributed by atoms with Crippen LogP contribution in [0.15, 0.2) is 30.3 Å². The molecule has 0 aliphatic carbocycles. The molecule has 1 amide bonds. The quantitative estimate of drug-likeness (QED) is 0.509. The average molecular weight is 330 g/mol. The molecule has 0 spiro atoms. The van der Waals surface area contributed by atoms with Crippen molar-refractivity contribution >= 4 is 23.8 Å². The molecule has 1 atom stereocenters. The molecule has 0 heterocycles. The van der Waals surface area contributed by atoms with E-state index in [-0.39, 0.29) is 12.5 Å². The minimum Gasteiger partial charge on any atom is -0.446 e. The largest absolute Gasteiger partial charge is 0.514 e. The Hall–Kier alpha value is -1.95. The molecule has 1 N–H and O–H groups in total. The van der Waals surface area contributed by atoms with Crippen molar-refractivity contribution in [2.24, 2.45) is 0 Å². The van der Waals surface area contributed by atoms with E-state index in [2.05, 4.69) is 5.32 Å². The van der Waals surface area contributed by atoms with Gasteiger partial charge in [-0.25, -0.2) is 9.59 Å². The summed E-state index contributed by atoms with van der Waals surface area (Å²) in [7, 11) is 0. The first-order chi connectivity index (χ1) is 10.3. The van der Waals surface area contributed by atoms with Crippen LogP contribution in [0, 0.1) is 0 Å². The molecule has 0 aliphatic rings. The molecule has 1 aromatic rings. The van der Waals surface area contributed by atoms with Crippen molar-refractivity contribution in [2.45, 2.75) is 32.4 Å². The Morgan fingerprint density at radius 1 is 1.23 bits per heavy atom. The van der Waals surface area contributed by atoms with Gasteiger partial charge in [0.25, 0.3) is 0 Å². The van der Waals surface area contributed by atoms with Gasteiger partial charge in [0.2, 0.25) is 0 Å². The molecule has 1 aromatic carbocycles. The zero-order chi connectivity index (χ0) is 16.6. The number of halogens is 1. The summed E-state index contributed by atoms with van der Waals surface area (Å²) in [5, 5.41) is 2.62. The van der Waals surface area contributed by atoms with Crippen molar-refractivity contribution in [3.8, 4) is 5.75 Å². The summed E-state index contributed by atoms with van der Waals surface area (Å²) in [4.78, 5) is 23.1. The number of hydrogen-bond acceptors (Lipinski definition) is 5. The van der Waals surface area contributed by atoms with Gasteiger partial charge in [-0.05, 0) is 32.9 Å². The summed E-state index contributed by atoms with van der Waals surface area (Å²) in [5.41, 5.74) is -0.416. The number of hydrogen-bond donors (Lipinski definition) is 1. The number of alkyl halides is 1. The summed E-state index contributed by atoms with van der Waals surface area (Å²) < 4.78 is 14.9. The average Bonchev–Trinajstić information content (AvgIpc) is 2.42. The van der Waals surface area contributed by atoms with Crippen LogP contribution in [0.25, 0.3) is 0 Å². The summed E-state index contributed by atoms with van der Waals surface area (Å²) >= 11 is 5.69. The van der Waals surface area contributed by atoms with Gasteiger partial charge in [-0.2, -0.15) is 0 Å². The molecule has 22 heavy (non-hydrogen) atoms. The molecule has 0 aliphatic heterocycles. The maximum atomic E-state index is 11.6. The topological polar surface area (TPSA) is 73.9 Å². The predicted molar refractivity (Wildman–Crippen MR) is 82.3 cm³/mol. The van der Waals surface area contributed by atoms with Crippen LogP contribution in [0.3, 0.4) is 0 Å². The molecule has 0 fully saturated rings. The smallest absolute Gasteiger partial charge is 0.446 e. The molecule has 1 rings (SSSR count). The molecule has 6 nitrogen and oxygen atoms in total. The van der Waals surface area contributed by atoms with E-state index in [4.69, 9.17) is 25.8 Å². The normalized spacial score (nSPS) is 12.2. The van der Waals surface area contributed by atoms with Gasteiger partial charge < -0.3 is 19.5 Å². The van der Waals surface area contributed by atoms with Gasteiger partial charge in [-0.1, -0.05) is 18.2 Å². The highest BCUT2D eigenvalue weighted by Gasteiger charge is 2.20. The molecule has 0 unspecified atom stereocenters. The van der Waals surface area contributed by atoms with Crippen LogP contribution >= 0.6 is 11.6 Å². The van der Waals surface area contributed by atoms with Crippen molar-refractivity contribution in [3.05, 3.63) is 30.3 Å². The summed E-state index contributed by atoms with van der Waals surface area (Å²) in [6, 6.07) is 8.47. The number of carbonyl (C=O) groups excluding carboxylic acids is 2. The third-order valence-corrected chi connectivity index (χ3v) is 2.60. The number of rotatable bonds is 5. The number of ether oxygens (including phenoxy) is 3. The standard InChI is InChI=1S/C15H20ClNO5/c1-15(2,3)17-13(18)20-10-12(9-16)22-14(19)21-11-7-5-4-6-8-11/h4-8,12H,9-10H2,1-3H3,(H,17,18)/t12-/m1/s1. The Morgan fingerprint density at radius 3 is 2.41 bits per heavy atom. The van der Waals surface area contributed by atoms with Gasteiger partial charge in [0.05, 0.1) is 5.88 Å². The second-order valence-corrected chi connectivity index (χ2v) is 5.84. The highest BCUT2D eigenvalue weighted by atomic mass is 35.5. The Morgan fingerprint density at radius 2 is 1.86 bits per heavy atom. The van der Waals surface area contributed by atoms with E-state index in [1.54, 1.807) is 30.3 Å². The van der Waals surface area contributed by atoms with E-state index in [0.717, 1.165) is 0 Å². The van der Waals surface area contributed by atoms with Crippen LogP contribution in [-0.2, 0) is 9.47 Å². The first-order valence-electron chi connectivity index (χ1n) is 6.74. The molecular weight excluding hydrogens is 310 g/mol. The molecule has 0 saturated heterocycles. The maximum Gasteiger partial charge on any atom is 0.514 e. The molecule has 0 radical (unpaired) electrons. The zero-order valence-electron chi connectivity index (χ0n) is 12.8. The van der Waals surface area contributed by atoms with Gasteiger partial charge in [0.1, 0.15) is 12.4 Å². The van der Waals surface area contributed by atoms with Gasteiger partial charge >= 0.3 is 12.2 Å². The molecule has 7 heteroatoms. The predicted octanol–water partition coefficient (Wildman–Crippen LogP) is 3.33. The highest BCUT2D eigenvalue weighted by Crippen LogP contribution is 2.10. The van der Waals surface area contributed by atoms with Crippen LogP contribution in [-0.4, -0.2) is 36.4 Å². The number of para-hydroxylation sites is 1. The van der Waals surface area contributed by atoms with E-state index >= 15 is 0 Å². The fourth-order valence-electron chi connectivity index (χ4n) is 1.37. The number of amides is 1. The minimum absolute atomic E-state index is 0.0211. The van der Waals surface area contributed by atoms with Gasteiger partial charge in [-0.15, -0.1) is 11.6 Å². The number of alkyl carbamates (subject to hydrolysis) is 1. The Balaban J connectivity index is 2.38. The summed E-state index contributed by atoms with van der Waals surface area (Å²) in [6.07, 6.45) is -2.30. The molecular formula is C15H20ClNO5. The maximum absolute atomic E-state index is 11.6. The molecule has 0 aromatic heterocycles. The van der Waals surface area contributed by atoms with Crippen molar-refractivity contribution in [1.29, 1.82) is 0 Å². The third-order valence-electron chi connectivity index (χ3n) is 2.26. The monoisotopic (exact) mass is 329 g/mol. The van der Waals surface area contributed by atoms with Crippen molar-refractivity contribution in [2.75, 3.05) is 12.5 Å². The SMILES string of the molecule is CC(C)(C)NC(=O)OC[C@@H](CCl)OC(=O)Oc1ccccc1. The Labute approximate surface area is 134 Å². The number of nitrogens with one attached hydrogen (secondary N) is 1. The van der Waals surface area contributed by atoms with Crippen LogP contribution in [0.5, 0.6) is 5.75 Å². The zero-order valence-corrected chi connectivity index (χ0v) is 13.6. The van der Waals surface area contributed by atoms with E-state index in [9.17, 15) is 9.59 Å². The lowest BCUT2D eigenvalue weighted by atomic mass is 10.1. The van der Waals surface area contributed by atoms with E-state index < -0.39 is 23.9 Å². The van der Waals surface area contributed by atoms with Crippen LogP contribution in [0.1, 0.15) is 20.8 Å². The van der Waals surface area contributed by atoms with Crippen LogP contribution in [0.2, 0.25) is 0 Å². The summed E-state index contributed by atoms with van der Waals surface area (Å²) in [5.74, 6) is 0.333. The van der Waals surface area contributed by atoms with Crippen molar-refractivity contribution in [3.63, 3.8) is 0 Å². The van der Waals surface area contributed by atoms with Gasteiger partial charge in [0.15, 0.2) is 6.10 Å². The van der Waals surface area contributed by atoms with E-state index in [1.807, 2.05) is 20.8 Å². The number of carbonyl (C=O) groups is 2. The third kappa shape index (κ3) is 7.73. The van der Waals surface area contributed by atoms with Crippen LogP contribution in [0.4, 0.5) is 9.59 Å². The second kappa shape index (κ2) is 8.48. The van der Waals surface area contributed by atoms with Gasteiger partial charge in [0, 0.05) is 5.54 Å². The first kappa shape index (κ1) is 18.1.